The molecule has 1 fully saturated rings. The van der Waals surface area contributed by atoms with Crippen molar-refractivity contribution in [2.75, 3.05) is 31.7 Å². The van der Waals surface area contributed by atoms with Crippen LogP contribution in [0.25, 0.3) is 0 Å². The number of benzene rings is 3. The van der Waals surface area contributed by atoms with Gasteiger partial charge in [-0.15, -0.1) is 0 Å². The van der Waals surface area contributed by atoms with Crippen LogP contribution in [-0.2, 0) is 17.4 Å². The van der Waals surface area contributed by atoms with E-state index in [0.717, 1.165) is 42.5 Å². The minimum absolute atomic E-state index is 0.0492. The van der Waals surface area contributed by atoms with Crippen LogP contribution in [-0.4, -0.2) is 60.1 Å². The third-order valence-corrected chi connectivity index (χ3v) is 8.00. The van der Waals surface area contributed by atoms with Gasteiger partial charge in [0, 0.05) is 24.3 Å². The largest absolute Gasteiger partial charge is 0.454 e. The topological polar surface area (TPSA) is 100 Å². The molecule has 9 nitrogen and oxygen atoms in total. The fourth-order valence-electron chi connectivity index (χ4n) is 5.75. The van der Waals surface area contributed by atoms with Crippen molar-refractivity contribution in [1.29, 1.82) is 0 Å². The average Bonchev–Trinajstić information content (AvgIpc) is 3.48. The fourth-order valence-corrected chi connectivity index (χ4v) is 5.75. The Hall–Kier alpha value is -4.74. The molecule has 0 bridgehead atoms. The van der Waals surface area contributed by atoms with Crippen molar-refractivity contribution < 1.29 is 37.0 Å². The van der Waals surface area contributed by atoms with Crippen molar-refractivity contribution >= 4 is 23.5 Å². The van der Waals surface area contributed by atoms with Crippen LogP contribution in [0.1, 0.15) is 45.9 Å². The van der Waals surface area contributed by atoms with E-state index in [0.29, 0.717) is 17.1 Å². The minimum atomic E-state index is -4.50. The summed E-state index contributed by atoms with van der Waals surface area (Å²) in [5.41, 5.74) is 1.85. The number of piperazine rings is 1. The highest BCUT2D eigenvalue weighted by Gasteiger charge is 2.39. The van der Waals surface area contributed by atoms with Crippen molar-refractivity contribution in [1.82, 2.24) is 15.1 Å². The third kappa shape index (κ3) is 5.95. The lowest BCUT2D eigenvalue weighted by Gasteiger charge is -2.41. The summed E-state index contributed by atoms with van der Waals surface area (Å²) in [6.45, 7) is 0.113. The number of carbonyl (C=O) groups is 3. The van der Waals surface area contributed by atoms with E-state index in [2.05, 4.69) is 10.6 Å². The number of nitrogens with zero attached hydrogens (tertiary/aromatic N) is 2. The van der Waals surface area contributed by atoms with Crippen molar-refractivity contribution in [2.24, 2.45) is 0 Å². The summed E-state index contributed by atoms with van der Waals surface area (Å²) in [5.74, 6) is 0.153. The second-order valence-electron chi connectivity index (χ2n) is 10.7. The van der Waals surface area contributed by atoms with Crippen molar-refractivity contribution in [3.8, 4) is 11.5 Å². The lowest BCUT2D eigenvalue weighted by atomic mass is 9.87. The highest BCUT2D eigenvalue weighted by atomic mass is 19.4. The van der Waals surface area contributed by atoms with Gasteiger partial charge >= 0.3 is 12.2 Å². The highest BCUT2D eigenvalue weighted by molar-refractivity contribution is 5.99. The second kappa shape index (κ2) is 11.5. The number of ether oxygens (including phenoxy) is 2. The molecule has 12 heteroatoms. The summed E-state index contributed by atoms with van der Waals surface area (Å²) in [4.78, 5) is 43.6. The first-order valence-corrected chi connectivity index (χ1v) is 14.0. The number of anilines is 1. The fraction of sp³-hybridized carbons (Fsp3) is 0.323. The number of amides is 4. The summed E-state index contributed by atoms with van der Waals surface area (Å²) >= 11 is 0. The van der Waals surface area contributed by atoms with Gasteiger partial charge in [0.15, 0.2) is 11.5 Å². The predicted octanol–water partition coefficient (Wildman–Crippen LogP) is 4.99. The maximum Gasteiger partial charge on any atom is 0.416 e. The Morgan fingerprint density at radius 1 is 0.907 bits per heavy atom. The molecule has 3 aromatic rings. The van der Waals surface area contributed by atoms with E-state index in [1.165, 1.54) is 21.9 Å². The average molecular weight is 595 g/mol. The molecule has 3 aliphatic rings. The number of urea groups is 1. The number of rotatable bonds is 4. The lowest BCUT2D eigenvalue weighted by Crippen LogP contribution is -2.62. The summed E-state index contributed by atoms with van der Waals surface area (Å²) in [7, 11) is 0. The molecule has 43 heavy (non-hydrogen) atoms. The van der Waals surface area contributed by atoms with Crippen molar-refractivity contribution in [2.45, 2.75) is 37.5 Å². The van der Waals surface area contributed by atoms with Gasteiger partial charge in [0.05, 0.1) is 18.2 Å². The monoisotopic (exact) mass is 594 g/mol. The molecular weight excluding hydrogens is 565 g/mol. The molecule has 0 aromatic heterocycles. The Bertz CT molecular complexity index is 1550. The normalized spacial score (nSPS) is 19.4. The van der Waals surface area contributed by atoms with Crippen molar-refractivity contribution in [3.05, 3.63) is 89.0 Å². The molecule has 0 saturated carbocycles. The molecule has 2 unspecified atom stereocenters. The van der Waals surface area contributed by atoms with E-state index in [-0.39, 0.29) is 38.2 Å². The lowest BCUT2D eigenvalue weighted by molar-refractivity contribution is -0.137. The zero-order valence-electron chi connectivity index (χ0n) is 23.0. The smallest absolute Gasteiger partial charge is 0.416 e. The van der Waals surface area contributed by atoms with Crippen LogP contribution in [0.2, 0.25) is 0 Å². The van der Waals surface area contributed by atoms with Gasteiger partial charge < -0.3 is 29.9 Å². The first-order valence-electron chi connectivity index (χ1n) is 14.0. The Labute approximate surface area is 245 Å². The highest BCUT2D eigenvalue weighted by Crippen LogP contribution is 2.34. The number of hydrogen-bond donors (Lipinski definition) is 2. The number of halogens is 3. The predicted molar refractivity (Wildman–Crippen MR) is 150 cm³/mol. The van der Waals surface area contributed by atoms with Crippen LogP contribution in [0.15, 0.2) is 66.7 Å². The van der Waals surface area contributed by atoms with Crippen LogP contribution in [0.4, 0.5) is 23.7 Å². The molecule has 224 valence electrons. The number of hydrogen-bond acceptors (Lipinski definition) is 5. The van der Waals surface area contributed by atoms with Gasteiger partial charge in [0.2, 0.25) is 12.7 Å². The molecule has 2 atom stereocenters. The maximum absolute atomic E-state index is 13.9. The number of nitrogens with one attached hydrogen (secondary N) is 2. The molecule has 2 aliphatic heterocycles. The Kier molecular flexibility index (Phi) is 7.59. The summed E-state index contributed by atoms with van der Waals surface area (Å²) in [6, 6.07) is 15.0. The van der Waals surface area contributed by atoms with Gasteiger partial charge in [-0.05, 0) is 72.9 Å². The van der Waals surface area contributed by atoms with Gasteiger partial charge in [-0.2, -0.15) is 13.2 Å². The SMILES string of the molecule is O=C(NC1CCCc2ccccc21)C1CN(C(=O)Nc2ccc(C(F)(F)F)cc2)CCN1C(=O)c1ccc2c(c1)OCO2. The second-order valence-corrected chi connectivity index (χ2v) is 10.7. The molecule has 2 heterocycles. The quantitative estimate of drug-likeness (QED) is 0.444. The van der Waals surface area contributed by atoms with E-state index < -0.39 is 35.6 Å². The molecule has 0 spiro atoms. The zero-order valence-corrected chi connectivity index (χ0v) is 23.0. The maximum atomic E-state index is 13.9. The minimum Gasteiger partial charge on any atom is -0.454 e. The molecule has 4 amide bonds. The zero-order chi connectivity index (χ0) is 30.1. The summed E-state index contributed by atoms with van der Waals surface area (Å²) in [6.07, 6.45) is -1.95. The van der Waals surface area contributed by atoms with E-state index in [9.17, 15) is 27.6 Å². The van der Waals surface area contributed by atoms with Crippen LogP contribution in [0, 0.1) is 0 Å². The van der Waals surface area contributed by atoms with E-state index >= 15 is 0 Å². The standard InChI is InChI=1S/C31H29F3N4O5/c32-31(33,34)21-9-11-22(12-10-21)35-30(41)37-14-15-38(29(40)20-8-13-26-27(16-20)43-18-42-26)25(17-37)28(39)36-24-7-3-5-19-4-1-2-6-23(19)24/h1-2,4,6,8-13,16,24-25H,3,5,7,14-15,17-18H2,(H,35,41)(H,36,39). The van der Waals surface area contributed by atoms with Crippen LogP contribution in [0.5, 0.6) is 11.5 Å². The van der Waals surface area contributed by atoms with E-state index in [1.807, 2.05) is 24.3 Å². The van der Waals surface area contributed by atoms with Gasteiger partial charge in [-0.25, -0.2) is 4.79 Å². The summed E-state index contributed by atoms with van der Waals surface area (Å²) in [5, 5.41) is 5.71. The third-order valence-electron chi connectivity index (χ3n) is 8.00. The molecule has 3 aromatic carbocycles. The van der Waals surface area contributed by atoms with E-state index in [1.54, 1.807) is 18.2 Å². The van der Waals surface area contributed by atoms with Crippen LogP contribution in [0.3, 0.4) is 0 Å². The van der Waals surface area contributed by atoms with Gasteiger partial charge in [-0.3, -0.25) is 9.59 Å². The Morgan fingerprint density at radius 3 is 2.47 bits per heavy atom. The molecule has 1 aliphatic carbocycles. The van der Waals surface area contributed by atoms with Gasteiger partial charge in [0.25, 0.3) is 5.91 Å². The molecule has 1 saturated heterocycles. The Morgan fingerprint density at radius 2 is 1.67 bits per heavy atom. The van der Waals surface area contributed by atoms with Crippen molar-refractivity contribution in [3.63, 3.8) is 0 Å². The van der Waals surface area contributed by atoms with Crippen LogP contribution < -0.4 is 20.1 Å². The number of fused-ring (bicyclic) bond motifs is 2. The molecular formula is C31H29F3N4O5. The number of alkyl halides is 3. The van der Waals surface area contributed by atoms with Crippen LogP contribution >= 0.6 is 0 Å². The summed E-state index contributed by atoms with van der Waals surface area (Å²) < 4.78 is 49.6. The first kappa shape index (κ1) is 28.4. The van der Waals surface area contributed by atoms with E-state index in [4.69, 9.17) is 9.47 Å². The molecule has 6 rings (SSSR count). The van der Waals surface area contributed by atoms with Gasteiger partial charge in [0.1, 0.15) is 6.04 Å². The molecule has 0 radical (unpaired) electrons. The van der Waals surface area contributed by atoms with Gasteiger partial charge in [-0.1, -0.05) is 24.3 Å². The number of aryl methyl sites for hydroxylation is 1. The first-order chi connectivity index (χ1) is 20.7. The number of carbonyl (C=O) groups excluding carboxylic acids is 3. The Balaban J connectivity index is 1.22. The molecule has 2 N–H and O–H groups in total.